The molecule has 232 valence electrons. The lowest BCUT2D eigenvalue weighted by atomic mass is 9.78. The van der Waals surface area contributed by atoms with E-state index >= 15 is 0 Å². The maximum atomic E-state index is 13.1. The molecule has 2 aliphatic heterocycles. The molecule has 2 aromatic rings. The Morgan fingerprint density at radius 1 is 0.651 bits per heavy atom. The summed E-state index contributed by atoms with van der Waals surface area (Å²) in [5, 5.41) is 6.59. The summed E-state index contributed by atoms with van der Waals surface area (Å²) in [6, 6.07) is 11.6. The molecule has 2 aliphatic rings. The summed E-state index contributed by atoms with van der Waals surface area (Å²) in [6.45, 7) is 11.4. The molecule has 4 atom stereocenters. The molecule has 10 nitrogen and oxygen atoms in total. The van der Waals surface area contributed by atoms with E-state index in [1.165, 1.54) is 0 Å². The highest BCUT2D eigenvalue weighted by atomic mass is 16.5. The number of benzene rings is 2. The predicted molar refractivity (Wildman–Crippen MR) is 161 cm³/mol. The second-order valence-corrected chi connectivity index (χ2v) is 11.4. The number of carbonyl (C=O) groups is 4. The van der Waals surface area contributed by atoms with Crippen molar-refractivity contribution in [1.82, 2.24) is 0 Å². The van der Waals surface area contributed by atoms with E-state index in [0.717, 1.165) is 22.3 Å². The lowest BCUT2D eigenvalue weighted by Crippen LogP contribution is -2.49. The van der Waals surface area contributed by atoms with Gasteiger partial charge in [-0.2, -0.15) is 0 Å². The number of anilines is 2. The van der Waals surface area contributed by atoms with Crippen molar-refractivity contribution in [2.24, 2.45) is 0 Å². The number of hydrogen-bond acceptors (Lipinski definition) is 10. The van der Waals surface area contributed by atoms with Crippen LogP contribution in [0.25, 0.3) is 0 Å². The molecule has 0 aromatic heterocycles. The molecule has 4 unspecified atom stereocenters. The van der Waals surface area contributed by atoms with Gasteiger partial charge in [0.05, 0.1) is 38.3 Å². The van der Waals surface area contributed by atoms with Crippen LogP contribution in [0.5, 0.6) is 0 Å². The van der Waals surface area contributed by atoms with Crippen molar-refractivity contribution in [3.63, 3.8) is 0 Å². The topological polar surface area (TPSA) is 129 Å². The Hall–Kier alpha value is -4.08. The number of hydrogen-bond donors (Lipinski definition) is 2. The molecule has 0 radical (unpaired) electrons. The summed E-state index contributed by atoms with van der Waals surface area (Å²) in [4.78, 5) is 51.7. The highest BCUT2D eigenvalue weighted by Crippen LogP contribution is 2.43. The Morgan fingerprint density at radius 2 is 1.02 bits per heavy atom. The van der Waals surface area contributed by atoms with Gasteiger partial charge in [0.1, 0.15) is 11.1 Å². The number of esters is 4. The molecule has 2 N–H and O–H groups in total. The molecule has 0 spiro atoms. The van der Waals surface area contributed by atoms with Gasteiger partial charge in [0.2, 0.25) is 0 Å². The maximum absolute atomic E-state index is 13.1. The van der Waals surface area contributed by atoms with Crippen molar-refractivity contribution in [3.05, 3.63) is 58.7 Å². The van der Waals surface area contributed by atoms with Crippen molar-refractivity contribution in [2.45, 2.75) is 83.7 Å². The molecule has 4 rings (SSSR count). The first kappa shape index (κ1) is 31.8. The highest BCUT2D eigenvalue weighted by Gasteiger charge is 2.46. The number of carbonyl (C=O) groups excluding carboxylic acids is 4. The van der Waals surface area contributed by atoms with Crippen LogP contribution in [0.3, 0.4) is 0 Å². The van der Waals surface area contributed by atoms with Crippen molar-refractivity contribution in [2.75, 3.05) is 37.1 Å². The fourth-order valence-electron chi connectivity index (χ4n) is 5.97. The van der Waals surface area contributed by atoms with Gasteiger partial charge in [-0.15, -0.1) is 0 Å². The van der Waals surface area contributed by atoms with E-state index in [1.807, 2.05) is 36.4 Å². The smallest absolute Gasteiger partial charge is 0.331 e. The number of fused-ring (bicyclic) bond motifs is 2. The summed E-state index contributed by atoms with van der Waals surface area (Å²) in [6.07, 6.45) is 0.925. The fraction of sp³-hybridized carbons (Fsp3) is 0.515. The van der Waals surface area contributed by atoms with Crippen LogP contribution >= 0.6 is 0 Å². The molecule has 0 amide bonds. The van der Waals surface area contributed by atoms with E-state index in [1.54, 1.807) is 41.5 Å². The van der Waals surface area contributed by atoms with E-state index in [-0.39, 0.29) is 51.2 Å². The minimum atomic E-state index is -1.08. The van der Waals surface area contributed by atoms with E-state index in [0.29, 0.717) is 17.8 Å². The van der Waals surface area contributed by atoms with Gasteiger partial charge in [0.15, 0.2) is 0 Å². The Morgan fingerprint density at radius 3 is 1.37 bits per heavy atom. The van der Waals surface area contributed by atoms with Crippen LogP contribution in [0.2, 0.25) is 0 Å². The van der Waals surface area contributed by atoms with Crippen molar-refractivity contribution < 1.29 is 38.1 Å². The van der Waals surface area contributed by atoms with E-state index in [2.05, 4.69) is 10.6 Å². The van der Waals surface area contributed by atoms with E-state index < -0.39 is 34.9 Å². The molecule has 43 heavy (non-hydrogen) atoms. The van der Waals surface area contributed by atoms with Crippen LogP contribution in [-0.2, 0) is 44.5 Å². The molecular formula is C33H42N2O8. The van der Waals surface area contributed by atoms with Gasteiger partial charge in [0.25, 0.3) is 0 Å². The van der Waals surface area contributed by atoms with Gasteiger partial charge < -0.3 is 29.6 Å². The summed E-state index contributed by atoms with van der Waals surface area (Å²) in [5.41, 5.74) is 2.61. The number of ether oxygens (including phenoxy) is 4. The summed E-state index contributed by atoms with van der Waals surface area (Å²) in [7, 11) is 0. The van der Waals surface area contributed by atoms with E-state index in [9.17, 15) is 19.2 Å². The van der Waals surface area contributed by atoms with Gasteiger partial charge in [-0.3, -0.25) is 9.59 Å². The van der Waals surface area contributed by atoms with Gasteiger partial charge >= 0.3 is 23.9 Å². The van der Waals surface area contributed by atoms with Gasteiger partial charge in [-0.05, 0) is 95.2 Å². The maximum Gasteiger partial charge on any atom is 0.331 e. The quantitative estimate of drug-likeness (QED) is 0.291. The molecule has 2 heterocycles. The SMILES string of the molecule is CCOC(=O)C1CC(C)(C(=O)OCC)Nc2ccc(Cc3ccc4c(c3)C(C(=O)OCC)CC(C)(C(=O)OCC)N4)cc21. The molecule has 10 heteroatoms. The zero-order valence-electron chi connectivity index (χ0n) is 25.8. The van der Waals surface area contributed by atoms with Crippen molar-refractivity contribution in [3.8, 4) is 0 Å². The standard InChI is InChI=1S/C33H42N2O8/c1-7-40-28(36)24-18-32(5,30(38)42-9-3)34-26-13-11-20(16-22(24)26)15-21-12-14-27-23(17-21)25(29(37)41-8-2)19-33(6,35-27)31(39)43-10-4/h11-14,16-17,24-25,34-35H,7-10,15,18-19H2,1-6H3. The second kappa shape index (κ2) is 13.1. The Kier molecular flexibility index (Phi) is 9.67. The van der Waals surface area contributed by atoms with Crippen molar-refractivity contribution in [1.29, 1.82) is 0 Å². The fourth-order valence-corrected chi connectivity index (χ4v) is 5.97. The van der Waals surface area contributed by atoms with Crippen molar-refractivity contribution >= 4 is 35.3 Å². The van der Waals surface area contributed by atoms with Crippen LogP contribution in [0.4, 0.5) is 11.4 Å². The average molecular weight is 595 g/mol. The van der Waals surface area contributed by atoms with Crippen LogP contribution in [0.15, 0.2) is 36.4 Å². The molecule has 0 fully saturated rings. The van der Waals surface area contributed by atoms with Gasteiger partial charge in [-0.25, -0.2) is 9.59 Å². The second-order valence-electron chi connectivity index (χ2n) is 11.4. The van der Waals surface area contributed by atoms with Crippen LogP contribution < -0.4 is 10.6 Å². The predicted octanol–water partition coefficient (Wildman–Crippen LogP) is 4.85. The molecule has 0 bridgehead atoms. The largest absolute Gasteiger partial charge is 0.466 e. The first-order valence-electron chi connectivity index (χ1n) is 15.0. The lowest BCUT2D eigenvalue weighted by Gasteiger charge is -2.38. The molecule has 0 aliphatic carbocycles. The molecule has 0 saturated heterocycles. The minimum absolute atomic E-state index is 0.200. The normalized spacial score (nSPS) is 23.9. The summed E-state index contributed by atoms with van der Waals surface area (Å²) in [5.74, 6) is -2.91. The zero-order valence-corrected chi connectivity index (χ0v) is 25.8. The van der Waals surface area contributed by atoms with Crippen LogP contribution in [0, 0.1) is 0 Å². The number of rotatable bonds is 10. The Labute approximate surface area is 252 Å². The van der Waals surface area contributed by atoms with Gasteiger partial charge in [-0.1, -0.05) is 24.3 Å². The summed E-state index contributed by atoms with van der Waals surface area (Å²) < 4.78 is 21.4. The third-order valence-corrected chi connectivity index (χ3v) is 8.03. The Bertz CT molecular complexity index is 1290. The average Bonchev–Trinajstić information content (AvgIpc) is 2.97. The van der Waals surface area contributed by atoms with Crippen LogP contribution in [-0.4, -0.2) is 61.4 Å². The first-order valence-corrected chi connectivity index (χ1v) is 15.0. The molecular weight excluding hydrogens is 552 g/mol. The Balaban J connectivity index is 1.67. The van der Waals surface area contributed by atoms with Gasteiger partial charge in [0, 0.05) is 11.4 Å². The molecule has 0 saturated carbocycles. The minimum Gasteiger partial charge on any atom is -0.466 e. The zero-order chi connectivity index (χ0) is 31.4. The third-order valence-electron chi connectivity index (χ3n) is 8.03. The van der Waals surface area contributed by atoms with Crippen LogP contribution in [0.1, 0.15) is 88.5 Å². The highest BCUT2D eigenvalue weighted by molar-refractivity contribution is 5.91. The first-order chi connectivity index (χ1) is 20.5. The summed E-state index contributed by atoms with van der Waals surface area (Å²) >= 11 is 0. The third kappa shape index (κ3) is 6.63. The number of nitrogens with one attached hydrogen (secondary N) is 2. The van der Waals surface area contributed by atoms with E-state index in [4.69, 9.17) is 18.9 Å². The molecule has 2 aromatic carbocycles. The lowest BCUT2D eigenvalue weighted by molar-refractivity contribution is -0.152. The monoisotopic (exact) mass is 594 g/mol.